The number of fused-ring (bicyclic) bond motifs is 1. The predicted octanol–water partition coefficient (Wildman–Crippen LogP) is 0.208. The molecule has 33 heavy (non-hydrogen) atoms. The minimum Gasteiger partial charge on any atom is -0.487 e. The lowest BCUT2D eigenvalue weighted by atomic mass is 10.0. The summed E-state index contributed by atoms with van der Waals surface area (Å²) in [6.07, 6.45) is -1.33. The maximum atomic E-state index is 13.4. The molecule has 1 aliphatic rings. The Hall–Kier alpha value is -2.16. The van der Waals surface area contributed by atoms with Crippen LogP contribution in [0.15, 0.2) is 23.1 Å². The molecule has 184 valence electrons. The van der Waals surface area contributed by atoms with Gasteiger partial charge in [-0.1, -0.05) is 18.8 Å². The van der Waals surface area contributed by atoms with Gasteiger partial charge in [-0.25, -0.2) is 8.42 Å². The molecule has 0 spiro atoms. The molecule has 0 saturated heterocycles. The van der Waals surface area contributed by atoms with Crippen molar-refractivity contribution in [1.29, 1.82) is 0 Å². The second-order valence-corrected chi connectivity index (χ2v) is 10.7. The Bertz CT molecular complexity index is 999. The first-order chi connectivity index (χ1) is 15.4. The van der Waals surface area contributed by atoms with Crippen LogP contribution in [0.1, 0.15) is 26.3 Å². The van der Waals surface area contributed by atoms with Gasteiger partial charge < -0.3 is 24.7 Å². The standard InChI is InChI=1S/C23H35N3O6S/c1-16-12-26(17(2)15-27)33(30,31)22-10-9-19(8-7-18(3)28)11-20(22)32-21(16)13-25(6)23(29)14-24(4)5/h9-11,16-18,21,27-28H,12-15H2,1-6H3/t16-,17+,18+,21-/m0/s1. The number of aliphatic hydroxyl groups is 2. The average molecular weight is 482 g/mol. The number of nitrogens with zero attached hydrogens (tertiary/aromatic N) is 3. The fraction of sp³-hybridized carbons (Fsp3) is 0.609. The first-order valence-electron chi connectivity index (χ1n) is 10.9. The third kappa shape index (κ3) is 6.91. The molecule has 1 aromatic rings. The topological polar surface area (TPSA) is 111 Å². The summed E-state index contributed by atoms with van der Waals surface area (Å²) in [6, 6.07) is 3.90. The molecule has 2 N–H and O–H groups in total. The van der Waals surface area contributed by atoms with E-state index in [1.54, 1.807) is 29.8 Å². The van der Waals surface area contributed by atoms with Crippen molar-refractivity contribution in [3.63, 3.8) is 0 Å². The molecule has 1 amide bonds. The number of rotatable bonds is 6. The lowest BCUT2D eigenvalue weighted by Crippen LogP contribution is -2.50. The molecule has 2 rings (SSSR count). The SMILES string of the molecule is C[C@H](CO)N1C[C@H](C)[C@H](CN(C)C(=O)CN(C)C)Oc2cc(C#C[C@@H](C)O)ccc2S1(=O)=O. The number of benzene rings is 1. The van der Waals surface area contributed by atoms with Crippen LogP contribution in [0.4, 0.5) is 0 Å². The third-order valence-electron chi connectivity index (χ3n) is 5.42. The number of carbonyl (C=O) groups is 1. The highest BCUT2D eigenvalue weighted by molar-refractivity contribution is 7.89. The van der Waals surface area contributed by atoms with Crippen LogP contribution in [0.25, 0.3) is 0 Å². The predicted molar refractivity (Wildman–Crippen MR) is 125 cm³/mol. The summed E-state index contributed by atoms with van der Waals surface area (Å²) in [4.78, 5) is 15.8. The number of likely N-dealkylation sites (N-methyl/N-ethyl adjacent to an activating group) is 2. The summed E-state index contributed by atoms with van der Waals surface area (Å²) >= 11 is 0. The number of hydrogen-bond acceptors (Lipinski definition) is 7. The van der Waals surface area contributed by atoms with Crippen molar-refractivity contribution in [1.82, 2.24) is 14.1 Å². The molecular weight excluding hydrogens is 446 g/mol. The lowest BCUT2D eigenvalue weighted by molar-refractivity contribution is -0.132. The Morgan fingerprint density at radius 1 is 1.30 bits per heavy atom. The van der Waals surface area contributed by atoms with Crippen LogP contribution >= 0.6 is 0 Å². The molecule has 0 aliphatic carbocycles. The summed E-state index contributed by atoms with van der Waals surface area (Å²) in [5.41, 5.74) is 0.496. The minimum absolute atomic E-state index is 0.0235. The summed E-state index contributed by atoms with van der Waals surface area (Å²) in [5.74, 6) is 5.23. The second-order valence-electron chi connectivity index (χ2n) is 8.86. The van der Waals surface area contributed by atoms with Gasteiger partial charge in [0.1, 0.15) is 22.9 Å². The molecule has 9 nitrogen and oxygen atoms in total. The molecule has 0 radical (unpaired) electrons. The van der Waals surface area contributed by atoms with E-state index >= 15 is 0 Å². The highest BCUT2D eigenvalue weighted by Gasteiger charge is 2.38. The molecule has 1 aromatic carbocycles. The van der Waals surface area contributed by atoms with Crippen LogP contribution < -0.4 is 4.74 Å². The highest BCUT2D eigenvalue weighted by Crippen LogP contribution is 2.34. The molecule has 0 fully saturated rings. The number of carbonyl (C=O) groups excluding carboxylic acids is 1. The maximum absolute atomic E-state index is 13.4. The van der Waals surface area contributed by atoms with Gasteiger partial charge in [0.05, 0.1) is 19.7 Å². The third-order valence-corrected chi connectivity index (χ3v) is 7.44. The zero-order valence-corrected chi connectivity index (χ0v) is 21.0. The van der Waals surface area contributed by atoms with Crippen LogP contribution in [0.3, 0.4) is 0 Å². The minimum atomic E-state index is -3.96. The molecule has 4 atom stereocenters. The Balaban J connectivity index is 2.53. The van der Waals surface area contributed by atoms with Crippen molar-refractivity contribution in [2.75, 3.05) is 47.4 Å². The Kier molecular flexibility index (Phi) is 9.29. The highest BCUT2D eigenvalue weighted by atomic mass is 32.2. The monoisotopic (exact) mass is 481 g/mol. The summed E-state index contributed by atoms with van der Waals surface area (Å²) in [5, 5.41) is 19.2. The van der Waals surface area contributed by atoms with Crippen molar-refractivity contribution < 1.29 is 28.2 Å². The van der Waals surface area contributed by atoms with Crippen molar-refractivity contribution in [2.24, 2.45) is 5.92 Å². The van der Waals surface area contributed by atoms with Crippen LogP contribution in [0.5, 0.6) is 5.75 Å². The number of ether oxygens (including phenoxy) is 1. The summed E-state index contributed by atoms with van der Waals surface area (Å²) in [6.45, 7) is 5.36. The van der Waals surface area contributed by atoms with E-state index < -0.39 is 28.3 Å². The van der Waals surface area contributed by atoms with Gasteiger partial charge in [0.2, 0.25) is 15.9 Å². The number of amides is 1. The average Bonchev–Trinajstić information content (AvgIpc) is 2.73. The molecule has 0 aromatic heterocycles. The smallest absolute Gasteiger partial charge is 0.247 e. The Morgan fingerprint density at radius 3 is 2.55 bits per heavy atom. The maximum Gasteiger partial charge on any atom is 0.247 e. The molecule has 1 heterocycles. The molecule has 0 unspecified atom stereocenters. The van der Waals surface area contributed by atoms with E-state index in [9.17, 15) is 23.4 Å². The molecule has 1 aliphatic heterocycles. The molecule has 0 bridgehead atoms. The first kappa shape index (κ1) is 27.1. The molecular formula is C23H35N3O6S. The van der Waals surface area contributed by atoms with Crippen molar-refractivity contribution >= 4 is 15.9 Å². The van der Waals surface area contributed by atoms with Crippen molar-refractivity contribution in [2.45, 2.75) is 43.9 Å². The normalized spacial score (nSPS) is 22.1. The first-order valence-corrected chi connectivity index (χ1v) is 12.3. The quantitative estimate of drug-likeness (QED) is 0.559. The Labute approximate surface area is 197 Å². The van der Waals surface area contributed by atoms with E-state index in [-0.39, 0.29) is 48.7 Å². The largest absolute Gasteiger partial charge is 0.487 e. The van der Waals surface area contributed by atoms with Gasteiger partial charge in [-0.2, -0.15) is 4.31 Å². The van der Waals surface area contributed by atoms with E-state index in [4.69, 9.17) is 4.74 Å². The van der Waals surface area contributed by atoms with Gasteiger partial charge in [0.25, 0.3) is 0 Å². The van der Waals surface area contributed by atoms with Crippen LogP contribution in [0.2, 0.25) is 0 Å². The fourth-order valence-corrected chi connectivity index (χ4v) is 5.30. The van der Waals surface area contributed by atoms with Crippen LogP contribution in [-0.4, -0.2) is 104 Å². The van der Waals surface area contributed by atoms with Gasteiger partial charge >= 0.3 is 0 Å². The summed E-state index contributed by atoms with van der Waals surface area (Å²) < 4.78 is 34.4. The van der Waals surface area contributed by atoms with Gasteiger partial charge in [0.15, 0.2) is 0 Å². The fourth-order valence-electron chi connectivity index (χ4n) is 3.47. The van der Waals surface area contributed by atoms with Crippen molar-refractivity contribution in [3.05, 3.63) is 23.8 Å². The number of sulfonamides is 1. The van der Waals surface area contributed by atoms with Crippen molar-refractivity contribution in [3.8, 4) is 17.6 Å². The van der Waals surface area contributed by atoms with Gasteiger partial charge in [-0.05, 0) is 46.1 Å². The summed E-state index contributed by atoms with van der Waals surface area (Å²) in [7, 11) is 1.36. The van der Waals surface area contributed by atoms with E-state index in [0.29, 0.717) is 5.56 Å². The van der Waals surface area contributed by atoms with Gasteiger partial charge in [-0.15, -0.1) is 0 Å². The number of hydrogen-bond donors (Lipinski definition) is 2. The van der Waals surface area contributed by atoms with Gasteiger partial charge in [-0.3, -0.25) is 4.79 Å². The second kappa shape index (κ2) is 11.3. The van der Waals surface area contributed by atoms with E-state index in [0.717, 1.165) is 0 Å². The van der Waals surface area contributed by atoms with Crippen LogP contribution in [0, 0.1) is 17.8 Å². The van der Waals surface area contributed by atoms with E-state index in [2.05, 4.69) is 11.8 Å². The van der Waals surface area contributed by atoms with Crippen LogP contribution in [-0.2, 0) is 14.8 Å². The zero-order chi connectivity index (χ0) is 24.9. The molecule has 0 saturated carbocycles. The van der Waals surface area contributed by atoms with E-state index in [1.807, 2.05) is 21.0 Å². The number of aliphatic hydroxyl groups excluding tert-OH is 2. The zero-order valence-electron chi connectivity index (χ0n) is 20.1. The Morgan fingerprint density at radius 2 is 1.97 bits per heavy atom. The van der Waals surface area contributed by atoms with E-state index in [1.165, 1.54) is 23.4 Å². The lowest BCUT2D eigenvalue weighted by Gasteiger charge is -2.37. The molecule has 10 heteroatoms. The van der Waals surface area contributed by atoms with Gasteiger partial charge in [0, 0.05) is 31.1 Å².